The van der Waals surface area contributed by atoms with Crippen molar-refractivity contribution in [1.29, 1.82) is 0 Å². The van der Waals surface area contributed by atoms with Crippen molar-refractivity contribution < 1.29 is 9.84 Å². The first kappa shape index (κ1) is 16.5. The van der Waals surface area contributed by atoms with Gasteiger partial charge in [0.05, 0.1) is 0 Å². The zero-order valence-corrected chi connectivity index (χ0v) is 13.2. The van der Waals surface area contributed by atoms with Crippen molar-refractivity contribution in [1.82, 2.24) is 10.3 Å². The van der Waals surface area contributed by atoms with E-state index in [-0.39, 0.29) is 6.61 Å². The highest BCUT2D eigenvalue weighted by Gasteiger charge is 2.09. The predicted molar refractivity (Wildman–Crippen MR) is 88.0 cm³/mol. The van der Waals surface area contributed by atoms with Crippen molar-refractivity contribution in [2.45, 2.75) is 32.4 Å². The van der Waals surface area contributed by atoms with Crippen molar-refractivity contribution in [3.8, 4) is 5.75 Å². The summed E-state index contributed by atoms with van der Waals surface area (Å²) in [6.07, 6.45) is 3.02. The van der Waals surface area contributed by atoms with Crippen molar-refractivity contribution >= 4 is 0 Å². The Balaban J connectivity index is 1.75. The summed E-state index contributed by atoms with van der Waals surface area (Å²) in [5.74, 6) is 1.25. The first-order valence-corrected chi connectivity index (χ1v) is 7.66. The van der Waals surface area contributed by atoms with Gasteiger partial charge < -0.3 is 15.2 Å². The monoisotopic (exact) mass is 300 g/mol. The van der Waals surface area contributed by atoms with Gasteiger partial charge in [-0.3, -0.25) is 4.98 Å². The van der Waals surface area contributed by atoms with Crippen molar-refractivity contribution in [3.05, 3.63) is 59.9 Å². The molecule has 1 atom stereocenters. The van der Waals surface area contributed by atoms with Crippen LogP contribution in [0.1, 0.15) is 30.9 Å². The molecule has 0 radical (unpaired) electrons. The third-order valence-corrected chi connectivity index (χ3v) is 3.40. The summed E-state index contributed by atoms with van der Waals surface area (Å²) in [6, 6.07) is 11.9. The quantitative estimate of drug-likeness (QED) is 0.787. The lowest BCUT2D eigenvalue weighted by Gasteiger charge is -2.17. The number of aromatic nitrogens is 1. The Morgan fingerprint density at radius 3 is 2.73 bits per heavy atom. The van der Waals surface area contributed by atoms with E-state index in [0.717, 1.165) is 16.9 Å². The number of benzene rings is 1. The van der Waals surface area contributed by atoms with Gasteiger partial charge in [0.1, 0.15) is 18.5 Å². The Hall–Kier alpha value is -1.91. The number of para-hydroxylation sites is 1. The minimum atomic E-state index is -0.545. The van der Waals surface area contributed by atoms with Crippen LogP contribution in [0.3, 0.4) is 0 Å². The molecule has 0 aliphatic rings. The van der Waals surface area contributed by atoms with Gasteiger partial charge in [-0.15, -0.1) is 0 Å². The number of rotatable bonds is 8. The zero-order valence-electron chi connectivity index (χ0n) is 13.2. The summed E-state index contributed by atoms with van der Waals surface area (Å²) < 4.78 is 5.76. The number of hydrogen-bond donors (Lipinski definition) is 2. The Kier molecular flexibility index (Phi) is 6.37. The van der Waals surface area contributed by atoms with Crippen molar-refractivity contribution in [2.24, 2.45) is 0 Å². The van der Waals surface area contributed by atoms with Crippen molar-refractivity contribution in [3.63, 3.8) is 0 Å². The zero-order chi connectivity index (χ0) is 15.8. The molecule has 0 unspecified atom stereocenters. The second kappa shape index (κ2) is 8.51. The molecule has 0 aliphatic heterocycles. The lowest BCUT2D eigenvalue weighted by molar-refractivity contribution is 0.105. The van der Waals surface area contributed by atoms with E-state index in [1.807, 2.05) is 36.5 Å². The lowest BCUT2D eigenvalue weighted by atomic mass is 10.0. The highest BCUT2D eigenvalue weighted by molar-refractivity contribution is 5.35. The number of aliphatic hydroxyl groups excluding tert-OH is 1. The Bertz CT molecular complexity index is 558. The van der Waals surface area contributed by atoms with Crippen molar-refractivity contribution in [2.75, 3.05) is 13.2 Å². The second-order valence-corrected chi connectivity index (χ2v) is 5.65. The number of hydrogen-bond acceptors (Lipinski definition) is 4. The van der Waals surface area contributed by atoms with Gasteiger partial charge in [0.15, 0.2) is 0 Å². The maximum atomic E-state index is 10.0. The Morgan fingerprint density at radius 2 is 2.00 bits per heavy atom. The molecule has 0 spiro atoms. The van der Waals surface area contributed by atoms with Crippen LogP contribution in [-0.2, 0) is 6.54 Å². The summed E-state index contributed by atoms with van der Waals surface area (Å²) >= 11 is 0. The van der Waals surface area contributed by atoms with E-state index in [1.165, 1.54) is 0 Å². The van der Waals surface area contributed by atoms with Crippen LogP contribution < -0.4 is 10.1 Å². The van der Waals surface area contributed by atoms with E-state index in [9.17, 15) is 5.11 Å². The van der Waals surface area contributed by atoms with E-state index in [4.69, 9.17) is 4.74 Å². The average Bonchev–Trinajstić information content (AvgIpc) is 2.54. The molecule has 4 nitrogen and oxygen atoms in total. The fourth-order valence-electron chi connectivity index (χ4n) is 2.22. The van der Waals surface area contributed by atoms with E-state index < -0.39 is 6.10 Å². The van der Waals surface area contributed by atoms with Gasteiger partial charge in [-0.05, 0) is 29.2 Å². The molecule has 0 amide bonds. The van der Waals surface area contributed by atoms with Gasteiger partial charge >= 0.3 is 0 Å². The molecule has 22 heavy (non-hydrogen) atoms. The van der Waals surface area contributed by atoms with E-state index in [0.29, 0.717) is 19.0 Å². The minimum Gasteiger partial charge on any atom is -0.491 e. The molecule has 2 rings (SSSR count). The number of ether oxygens (including phenoxy) is 1. The van der Waals surface area contributed by atoms with E-state index >= 15 is 0 Å². The summed E-state index contributed by atoms with van der Waals surface area (Å²) in [7, 11) is 0. The summed E-state index contributed by atoms with van der Waals surface area (Å²) in [5, 5.41) is 13.2. The standard InChI is InChI=1S/C18H24N2O2/c1-14(2)17-7-3-4-8-18(17)22-13-16(21)12-20-11-15-6-5-9-19-10-15/h3-10,14,16,20-21H,11-13H2,1-2H3/t16-/m1/s1. The summed E-state index contributed by atoms with van der Waals surface area (Å²) in [6.45, 7) is 5.72. The molecule has 2 aromatic rings. The fraction of sp³-hybridized carbons (Fsp3) is 0.389. The molecule has 0 saturated carbocycles. The van der Waals surface area contributed by atoms with E-state index in [1.54, 1.807) is 6.20 Å². The van der Waals surface area contributed by atoms with Crippen LogP contribution in [0.15, 0.2) is 48.8 Å². The van der Waals surface area contributed by atoms with E-state index in [2.05, 4.69) is 30.2 Å². The van der Waals surface area contributed by atoms with Crippen LogP contribution in [-0.4, -0.2) is 29.3 Å². The second-order valence-electron chi connectivity index (χ2n) is 5.65. The topological polar surface area (TPSA) is 54.4 Å². The molecule has 4 heteroatoms. The molecular weight excluding hydrogens is 276 g/mol. The number of nitrogens with one attached hydrogen (secondary N) is 1. The molecule has 0 saturated heterocycles. The molecule has 118 valence electrons. The van der Waals surface area contributed by atoms with Crippen LogP contribution in [0.25, 0.3) is 0 Å². The molecule has 0 bridgehead atoms. The minimum absolute atomic E-state index is 0.282. The van der Waals surface area contributed by atoms with Gasteiger partial charge in [0, 0.05) is 25.5 Å². The van der Waals surface area contributed by atoms with Crippen LogP contribution in [0.5, 0.6) is 5.75 Å². The van der Waals surface area contributed by atoms with Crippen LogP contribution in [0.2, 0.25) is 0 Å². The predicted octanol–water partition coefficient (Wildman–Crippen LogP) is 2.73. The molecule has 0 fully saturated rings. The summed E-state index contributed by atoms with van der Waals surface area (Å²) in [4.78, 5) is 4.06. The van der Waals surface area contributed by atoms with Gasteiger partial charge in [-0.25, -0.2) is 0 Å². The van der Waals surface area contributed by atoms with Gasteiger partial charge in [0.2, 0.25) is 0 Å². The maximum absolute atomic E-state index is 10.0. The SMILES string of the molecule is CC(C)c1ccccc1OC[C@H](O)CNCc1cccnc1. The van der Waals surface area contributed by atoms with Gasteiger partial charge in [-0.2, -0.15) is 0 Å². The molecule has 1 aromatic heterocycles. The molecule has 1 aromatic carbocycles. The fourth-order valence-corrected chi connectivity index (χ4v) is 2.22. The average molecular weight is 300 g/mol. The van der Waals surface area contributed by atoms with Crippen LogP contribution in [0, 0.1) is 0 Å². The third-order valence-electron chi connectivity index (χ3n) is 3.40. The van der Waals surface area contributed by atoms with Crippen LogP contribution in [0.4, 0.5) is 0 Å². The first-order chi connectivity index (χ1) is 10.7. The van der Waals surface area contributed by atoms with Crippen LogP contribution >= 0.6 is 0 Å². The highest BCUT2D eigenvalue weighted by Crippen LogP contribution is 2.25. The Labute approximate surface area is 132 Å². The largest absolute Gasteiger partial charge is 0.491 e. The molecule has 2 N–H and O–H groups in total. The number of aliphatic hydroxyl groups is 1. The molecule has 0 aliphatic carbocycles. The molecular formula is C18H24N2O2. The molecule has 1 heterocycles. The first-order valence-electron chi connectivity index (χ1n) is 7.66. The van der Waals surface area contributed by atoms with Gasteiger partial charge in [0.25, 0.3) is 0 Å². The Morgan fingerprint density at radius 1 is 1.18 bits per heavy atom. The number of nitrogens with zero attached hydrogens (tertiary/aromatic N) is 1. The van der Waals surface area contributed by atoms with Gasteiger partial charge in [-0.1, -0.05) is 38.1 Å². The number of pyridine rings is 1. The normalized spacial score (nSPS) is 12.4. The third kappa shape index (κ3) is 5.13. The highest BCUT2D eigenvalue weighted by atomic mass is 16.5. The smallest absolute Gasteiger partial charge is 0.122 e. The maximum Gasteiger partial charge on any atom is 0.122 e. The summed E-state index contributed by atoms with van der Waals surface area (Å²) in [5.41, 5.74) is 2.26. The lowest BCUT2D eigenvalue weighted by Crippen LogP contribution is -2.31.